The highest BCUT2D eigenvalue weighted by molar-refractivity contribution is 7.12. The summed E-state index contributed by atoms with van der Waals surface area (Å²) in [5, 5.41) is 1.94. The van der Waals surface area contributed by atoms with Crippen LogP contribution in [-0.4, -0.2) is 86.0 Å². The van der Waals surface area contributed by atoms with Gasteiger partial charge in [-0.05, 0) is 17.4 Å². The molecule has 0 saturated carbocycles. The summed E-state index contributed by atoms with van der Waals surface area (Å²) in [5.74, 6) is 0.781. The molecular formula is C17H25N3O3S. The van der Waals surface area contributed by atoms with Crippen molar-refractivity contribution in [3.05, 3.63) is 22.4 Å². The average Bonchev–Trinajstić information content (AvgIpc) is 3.23. The minimum absolute atomic E-state index is 0.145. The summed E-state index contributed by atoms with van der Waals surface area (Å²) in [7, 11) is 1.66. The number of methoxy groups -OCH3 is 1. The van der Waals surface area contributed by atoms with Crippen molar-refractivity contribution in [2.75, 3.05) is 59.5 Å². The molecule has 0 N–H and O–H groups in total. The lowest BCUT2D eigenvalue weighted by Crippen LogP contribution is -2.49. The van der Waals surface area contributed by atoms with Crippen LogP contribution in [-0.2, 0) is 9.53 Å². The third kappa shape index (κ3) is 4.15. The van der Waals surface area contributed by atoms with Crippen LogP contribution in [0.2, 0.25) is 0 Å². The fraction of sp³-hybridized carbons (Fsp3) is 0.647. The molecule has 0 spiro atoms. The Labute approximate surface area is 147 Å². The van der Waals surface area contributed by atoms with E-state index in [4.69, 9.17) is 4.74 Å². The van der Waals surface area contributed by atoms with Gasteiger partial charge in [-0.2, -0.15) is 0 Å². The summed E-state index contributed by atoms with van der Waals surface area (Å²) in [6, 6.07) is 3.80. The Morgan fingerprint density at radius 2 is 2.12 bits per heavy atom. The number of thiophene rings is 1. The number of amides is 2. The largest absolute Gasteiger partial charge is 0.383 e. The average molecular weight is 351 g/mol. The SMILES string of the molecule is COCCN1C[C@H](CN2CCN(C(=O)c3cccs3)CC2)CC1=O. The Morgan fingerprint density at radius 1 is 1.33 bits per heavy atom. The first kappa shape index (κ1) is 17.4. The third-order valence-corrected chi connectivity index (χ3v) is 5.63. The molecule has 1 aromatic rings. The van der Waals surface area contributed by atoms with E-state index in [0.29, 0.717) is 25.5 Å². The predicted octanol–water partition coefficient (Wildman–Crippen LogP) is 1.00. The zero-order chi connectivity index (χ0) is 16.9. The zero-order valence-electron chi connectivity index (χ0n) is 14.1. The Kier molecular flexibility index (Phi) is 5.86. The molecule has 1 atom stereocenters. The molecule has 0 aromatic carbocycles. The van der Waals surface area contributed by atoms with E-state index in [1.807, 2.05) is 27.3 Å². The molecule has 2 aliphatic rings. The number of ether oxygens (including phenoxy) is 1. The number of hydrogen-bond donors (Lipinski definition) is 0. The van der Waals surface area contributed by atoms with Gasteiger partial charge in [-0.1, -0.05) is 6.07 Å². The van der Waals surface area contributed by atoms with Crippen molar-refractivity contribution in [2.24, 2.45) is 5.92 Å². The van der Waals surface area contributed by atoms with Gasteiger partial charge in [0.1, 0.15) is 0 Å². The van der Waals surface area contributed by atoms with Crippen LogP contribution in [0, 0.1) is 5.92 Å². The van der Waals surface area contributed by atoms with Crippen LogP contribution in [0.5, 0.6) is 0 Å². The van der Waals surface area contributed by atoms with Gasteiger partial charge in [0, 0.05) is 59.3 Å². The molecular weight excluding hydrogens is 326 g/mol. The lowest BCUT2D eigenvalue weighted by atomic mass is 10.1. The summed E-state index contributed by atoms with van der Waals surface area (Å²) in [6.45, 7) is 6.37. The zero-order valence-corrected chi connectivity index (χ0v) is 15.0. The lowest BCUT2D eigenvalue weighted by molar-refractivity contribution is -0.128. The Morgan fingerprint density at radius 3 is 2.79 bits per heavy atom. The van der Waals surface area contributed by atoms with Gasteiger partial charge in [0.25, 0.3) is 5.91 Å². The van der Waals surface area contributed by atoms with E-state index in [2.05, 4.69) is 4.90 Å². The smallest absolute Gasteiger partial charge is 0.264 e. The summed E-state index contributed by atoms with van der Waals surface area (Å²) in [6.07, 6.45) is 0.637. The van der Waals surface area contributed by atoms with Crippen LogP contribution in [0.3, 0.4) is 0 Å². The van der Waals surface area contributed by atoms with Crippen molar-refractivity contribution in [2.45, 2.75) is 6.42 Å². The van der Waals surface area contributed by atoms with E-state index >= 15 is 0 Å². The van der Waals surface area contributed by atoms with Crippen molar-refractivity contribution in [3.8, 4) is 0 Å². The van der Waals surface area contributed by atoms with Crippen molar-refractivity contribution in [1.29, 1.82) is 0 Å². The number of rotatable bonds is 6. The van der Waals surface area contributed by atoms with Gasteiger partial charge in [-0.15, -0.1) is 11.3 Å². The van der Waals surface area contributed by atoms with E-state index in [1.54, 1.807) is 7.11 Å². The van der Waals surface area contributed by atoms with Gasteiger partial charge >= 0.3 is 0 Å². The predicted molar refractivity (Wildman–Crippen MR) is 93.2 cm³/mol. The maximum absolute atomic E-state index is 12.4. The highest BCUT2D eigenvalue weighted by atomic mass is 32.1. The molecule has 2 amide bonds. The number of likely N-dealkylation sites (tertiary alicyclic amines) is 1. The Balaban J connectivity index is 1.43. The van der Waals surface area contributed by atoms with E-state index in [-0.39, 0.29) is 11.8 Å². The van der Waals surface area contributed by atoms with Crippen molar-refractivity contribution < 1.29 is 14.3 Å². The summed E-state index contributed by atoms with van der Waals surface area (Å²) in [4.78, 5) is 31.4. The third-order valence-electron chi connectivity index (χ3n) is 4.77. The van der Waals surface area contributed by atoms with Gasteiger partial charge in [0.15, 0.2) is 0 Å². The molecule has 0 bridgehead atoms. The topological polar surface area (TPSA) is 53.1 Å². The lowest BCUT2D eigenvalue weighted by Gasteiger charge is -2.35. The van der Waals surface area contributed by atoms with Gasteiger partial charge in [0.05, 0.1) is 11.5 Å². The summed E-state index contributed by atoms with van der Waals surface area (Å²) < 4.78 is 5.06. The number of carbonyl (C=O) groups is 2. The van der Waals surface area contributed by atoms with E-state index < -0.39 is 0 Å². The van der Waals surface area contributed by atoms with Crippen LogP contribution in [0.25, 0.3) is 0 Å². The number of carbonyl (C=O) groups excluding carboxylic acids is 2. The number of piperazine rings is 1. The van der Waals surface area contributed by atoms with Crippen molar-refractivity contribution in [3.63, 3.8) is 0 Å². The van der Waals surface area contributed by atoms with E-state index in [0.717, 1.165) is 44.1 Å². The monoisotopic (exact) mass is 351 g/mol. The van der Waals surface area contributed by atoms with Crippen molar-refractivity contribution >= 4 is 23.2 Å². The second kappa shape index (κ2) is 8.09. The van der Waals surface area contributed by atoms with Gasteiger partial charge in [-0.3, -0.25) is 14.5 Å². The van der Waals surface area contributed by atoms with Crippen LogP contribution >= 0.6 is 11.3 Å². The maximum Gasteiger partial charge on any atom is 0.264 e. The fourth-order valence-corrected chi connectivity index (χ4v) is 4.14. The van der Waals surface area contributed by atoms with E-state index in [1.165, 1.54) is 11.3 Å². The van der Waals surface area contributed by atoms with Crippen LogP contribution in [0.1, 0.15) is 16.1 Å². The molecule has 6 nitrogen and oxygen atoms in total. The fourth-order valence-electron chi connectivity index (χ4n) is 3.45. The molecule has 2 aliphatic heterocycles. The molecule has 0 radical (unpaired) electrons. The quantitative estimate of drug-likeness (QED) is 0.767. The molecule has 2 saturated heterocycles. The minimum Gasteiger partial charge on any atom is -0.383 e. The molecule has 24 heavy (non-hydrogen) atoms. The van der Waals surface area contributed by atoms with Gasteiger partial charge in [0.2, 0.25) is 5.91 Å². The first-order valence-electron chi connectivity index (χ1n) is 8.49. The van der Waals surface area contributed by atoms with Crippen molar-refractivity contribution in [1.82, 2.24) is 14.7 Å². The highest BCUT2D eigenvalue weighted by Crippen LogP contribution is 2.20. The molecule has 3 heterocycles. The maximum atomic E-state index is 12.4. The van der Waals surface area contributed by atoms with Crippen LogP contribution in [0.4, 0.5) is 0 Å². The van der Waals surface area contributed by atoms with E-state index in [9.17, 15) is 9.59 Å². The standard InChI is InChI=1S/C17H25N3O3S/c1-23-9-8-20-13-14(11-16(20)21)12-18-4-6-19(7-5-18)17(22)15-3-2-10-24-15/h2-3,10,14H,4-9,11-13H2,1H3/t14-/m0/s1. The number of nitrogens with zero attached hydrogens (tertiary/aromatic N) is 3. The second-order valence-corrected chi connectivity index (χ2v) is 7.42. The van der Waals surface area contributed by atoms with Crippen LogP contribution in [0.15, 0.2) is 17.5 Å². The second-order valence-electron chi connectivity index (χ2n) is 6.47. The summed E-state index contributed by atoms with van der Waals surface area (Å²) >= 11 is 1.50. The first-order valence-corrected chi connectivity index (χ1v) is 9.37. The molecule has 0 aliphatic carbocycles. The Bertz CT molecular complexity index is 555. The molecule has 3 rings (SSSR count). The molecule has 1 aromatic heterocycles. The first-order chi connectivity index (χ1) is 11.7. The highest BCUT2D eigenvalue weighted by Gasteiger charge is 2.31. The molecule has 2 fully saturated rings. The number of hydrogen-bond acceptors (Lipinski definition) is 5. The van der Waals surface area contributed by atoms with Crippen LogP contribution < -0.4 is 0 Å². The molecule has 0 unspecified atom stereocenters. The minimum atomic E-state index is 0.145. The van der Waals surface area contributed by atoms with Gasteiger partial charge in [-0.25, -0.2) is 0 Å². The molecule has 132 valence electrons. The summed E-state index contributed by atoms with van der Waals surface area (Å²) in [5.41, 5.74) is 0. The Hall–Kier alpha value is -1.44. The van der Waals surface area contributed by atoms with Gasteiger partial charge < -0.3 is 14.5 Å². The molecule has 7 heteroatoms. The normalized spacial score (nSPS) is 22.4.